The molecule has 0 atom stereocenters. The van der Waals surface area contributed by atoms with E-state index in [1.54, 1.807) is 0 Å². The minimum atomic E-state index is 1.04. The first-order chi connectivity index (χ1) is 7.34. The van der Waals surface area contributed by atoms with Crippen molar-refractivity contribution in [3.05, 3.63) is 48.5 Å². The Morgan fingerprint density at radius 3 is 2.73 bits per heavy atom. The summed E-state index contributed by atoms with van der Waals surface area (Å²) >= 11 is 0. The molecule has 0 radical (unpaired) electrons. The van der Waals surface area contributed by atoms with Crippen molar-refractivity contribution in [3.8, 4) is 0 Å². The molecule has 15 heavy (non-hydrogen) atoms. The lowest BCUT2D eigenvalue weighted by molar-refractivity contribution is 1.23. The molecule has 0 saturated carbocycles. The zero-order chi connectivity index (χ0) is 10.3. The minimum absolute atomic E-state index is 1.04. The molecule has 2 heteroatoms. The summed E-state index contributed by atoms with van der Waals surface area (Å²) in [7, 11) is 0. The Bertz CT molecular complexity index is 644. The van der Waals surface area contributed by atoms with E-state index in [1.165, 1.54) is 21.5 Å². The third-order valence-electron chi connectivity index (χ3n) is 2.66. The summed E-state index contributed by atoms with van der Waals surface area (Å²) in [5.41, 5.74) is 1.04. The second-order valence-corrected chi connectivity index (χ2v) is 3.71. The van der Waals surface area contributed by atoms with Gasteiger partial charge in [-0.3, -0.25) is 9.97 Å². The molecule has 3 rings (SSSR count). The van der Waals surface area contributed by atoms with Crippen molar-refractivity contribution >= 4 is 21.5 Å². The van der Waals surface area contributed by atoms with Gasteiger partial charge < -0.3 is 0 Å². The Labute approximate surface area is 87.6 Å². The SMILES string of the molecule is Cc1cc2c(ccc3ccncc32)cn1. The molecule has 0 bridgehead atoms. The number of hydrogen-bond acceptors (Lipinski definition) is 2. The van der Waals surface area contributed by atoms with Crippen LogP contribution in [-0.4, -0.2) is 9.97 Å². The number of pyridine rings is 2. The second kappa shape index (κ2) is 3.02. The molecule has 3 aromatic rings. The van der Waals surface area contributed by atoms with Gasteiger partial charge in [-0.2, -0.15) is 0 Å². The Morgan fingerprint density at radius 2 is 1.80 bits per heavy atom. The fourth-order valence-corrected chi connectivity index (χ4v) is 1.89. The summed E-state index contributed by atoms with van der Waals surface area (Å²) < 4.78 is 0. The average Bonchev–Trinajstić information content (AvgIpc) is 2.29. The number of benzene rings is 1. The lowest BCUT2D eigenvalue weighted by Gasteiger charge is -2.03. The highest BCUT2D eigenvalue weighted by atomic mass is 14.7. The van der Waals surface area contributed by atoms with Crippen LogP contribution in [0.4, 0.5) is 0 Å². The Kier molecular flexibility index (Phi) is 1.68. The fourth-order valence-electron chi connectivity index (χ4n) is 1.89. The van der Waals surface area contributed by atoms with Gasteiger partial charge in [0.05, 0.1) is 0 Å². The van der Waals surface area contributed by atoms with E-state index in [4.69, 9.17) is 0 Å². The van der Waals surface area contributed by atoms with Crippen LogP contribution in [0.1, 0.15) is 5.69 Å². The highest BCUT2D eigenvalue weighted by Crippen LogP contribution is 2.24. The van der Waals surface area contributed by atoms with E-state index in [0.717, 1.165) is 5.69 Å². The molecular weight excluding hydrogens is 184 g/mol. The van der Waals surface area contributed by atoms with Crippen molar-refractivity contribution in [2.75, 3.05) is 0 Å². The molecular formula is C13H10N2. The van der Waals surface area contributed by atoms with E-state index in [2.05, 4.69) is 28.2 Å². The maximum Gasteiger partial charge on any atom is 0.0379 e. The molecule has 0 unspecified atom stereocenters. The van der Waals surface area contributed by atoms with Gasteiger partial charge >= 0.3 is 0 Å². The van der Waals surface area contributed by atoms with Crippen LogP contribution in [0, 0.1) is 6.92 Å². The molecule has 0 N–H and O–H groups in total. The van der Waals surface area contributed by atoms with Gasteiger partial charge in [0.2, 0.25) is 0 Å². The molecule has 0 amide bonds. The molecule has 0 saturated heterocycles. The number of aromatic nitrogens is 2. The topological polar surface area (TPSA) is 25.8 Å². The molecule has 1 aromatic carbocycles. The molecule has 72 valence electrons. The summed E-state index contributed by atoms with van der Waals surface area (Å²) in [4.78, 5) is 8.47. The van der Waals surface area contributed by atoms with Gasteiger partial charge in [0.25, 0.3) is 0 Å². The largest absolute Gasteiger partial charge is 0.264 e. The van der Waals surface area contributed by atoms with Gasteiger partial charge in [-0.05, 0) is 29.8 Å². The second-order valence-electron chi connectivity index (χ2n) is 3.71. The van der Waals surface area contributed by atoms with Crippen molar-refractivity contribution in [1.82, 2.24) is 9.97 Å². The first kappa shape index (κ1) is 8.36. The van der Waals surface area contributed by atoms with Gasteiger partial charge in [0, 0.05) is 35.1 Å². The van der Waals surface area contributed by atoms with Crippen molar-refractivity contribution in [3.63, 3.8) is 0 Å². The van der Waals surface area contributed by atoms with Crippen LogP contribution in [0.25, 0.3) is 21.5 Å². The van der Waals surface area contributed by atoms with Gasteiger partial charge in [0.1, 0.15) is 0 Å². The predicted octanol–water partition coefficient (Wildman–Crippen LogP) is 3.09. The molecule has 2 nitrogen and oxygen atoms in total. The highest BCUT2D eigenvalue weighted by molar-refractivity contribution is 6.06. The van der Waals surface area contributed by atoms with E-state index in [9.17, 15) is 0 Å². The molecule has 0 fully saturated rings. The molecule has 2 heterocycles. The van der Waals surface area contributed by atoms with Crippen LogP contribution < -0.4 is 0 Å². The number of aryl methyl sites for hydroxylation is 1. The van der Waals surface area contributed by atoms with Crippen LogP contribution >= 0.6 is 0 Å². The predicted molar refractivity (Wildman–Crippen MR) is 61.8 cm³/mol. The van der Waals surface area contributed by atoms with Crippen LogP contribution in [-0.2, 0) is 0 Å². The van der Waals surface area contributed by atoms with Gasteiger partial charge in [-0.15, -0.1) is 0 Å². The van der Waals surface area contributed by atoms with Gasteiger partial charge in [-0.1, -0.05) is 12.1 Å². The zero-order valence-corrected chi connectivity index (χ0v) is 8.44. The van der Waals surface area contributed by atoms with E-state index >= 15 is 0 Å². The van der Waals surface area contributed by atoms with Crippen LogP contribution in [0.15, 0.2) is 42.9 Å². The van der Waals surface area contributed by atoms with E-state index in [0.29, 0.717) is 0 Å². The molecule has 0 spiro atoms. The maximum atomic E-state index is 4.29. The quantitative estimate of drug-likeness (QED) is 0.514. The van der Waals surface area contributed by atoms with Crippen LogP contribution in [0.3, 0.4) is 0 Å². The van der Waals surface area contributed by atoms with Crippen LogP contribution in [0.5, 0.6) is 0 Å². The van der Waals surface area contributed by atoms with Crippen molar-refractivity contribution in [1.29, 1.82) is 0 Å². The number of hydrogen-bond donors (Lipinski definition) is 0. The fraction of sp³-hybridized carbons (Fsp3) is 0.0769. The standard InChI is InChI=1S/C13H10N2/c1-9-6-12-11(7-15-9)3-2-10-4-5-14-8-13(10)12/h2-8H,1H3. The smallest absolute Gasteiger partial charge is 0.0379 e. The van der Waals surface area contributed by atoms with Gasteiger partial charge in [0.15, 0.2) is 0 Å². The Hall–Kier alpha value is -1.96. The zero-order valence-electron chi connectivity index (χ0n) is 8.44. The summed E-state index contributed by atoms with van der Waals surface area (Å²) in [5, 5.41) is 4.82. The maximum absolute atomic E-state index is 4.29. The average molecular weight is 194 g/mol. The van der Waals surface area contributed by atoms with Gasteiger partial charge in [-0.25, -0.2) is 0 Å². The molecule has 0 aliphatic heterocycles. The molecule has 0 aliphatic carbocycles. The van der Waals surface area contributed by atoms with E-state index < -0.39 is 0 Å². The lowest BCUT2D eigenvalue weighted by Crippen LogP contribution is -1.83. The number of rotatable bonds is 0. The van der Waals surface area contributed by atoms with Crippen molar-refractivity contribution < 1.29 is 0 Å². The summed E-state index contributed by atoms with van der Waals surface area (Å²) in [6, 6.07) is 8.35. The highest BCUT2D eigenvalue weighted by Gasteiger charge is 2.00. The molecule has 2 aromatic heterocycles. The number of fused-ring (bicyclic) bond motifs is 3. The third-order valence-corrected chi connectivity index (χ3v) is 2.66. The van der Waals surface area contributed by atoms with E-state index in [1.807, 2.05) is 31.6 Å². The Balaban J connectivity index is 2.57. The summed E-state index contributed by atoms with van der Waals surface area (Å²) in [6.45, 7) is 2.01. The summed E-state index contributed by atoms with van der Waals surface area (Å²) in [5.74, 6) is 0. The Morgan fingerprint density at radius 1 is 0.933 bits per heavy atom. The number of nitrogens with zero attached hydrogens (tertiary/aromatic N) is 2. The lowest BCUT2D eigenvalue weighted by atomic mass is 10.1. The van der Waals surface area contributed by atoms with Crippen molar-refractivity contribution in [2.24, 2.45) is 0 Å². The monoisotopic (exact) mass is 194 g/mol. The van der Waals surface area contributed by atoms with Crippen molar-refractivity contribution in [2.45, 2.75) is 6.92 Å². The molecule has 0 aliphatic rings. The normalized spacial score (nSPS) is 11.0. The van der Waals surface area contributed by atoms with Crippen LogP contribution in [0.2, 0.25) is 0 Å². The summed E-state index contributed by atoms with van der Waals surface area (Å²) in [6.07, 6.45) is 5.65. The first-order valence-corrected chi connectivity index (χ1v) is 4.94. The minimum Gasteiger partial charge on any atom is -0.264 e. The third kappa shape index (κ3) is 1.26. The first-order valence-electron chi connectivity index (χ1n) is 4.94. The van der Waals surface area contributed by atoms with E-state index in [-0.39, 0.29) is 0 Å².